The summed E-state index contributed by atoms with van der Waals surface area (Å²) in [5.41, 5.74) is -1.44. The highest BCUT2D eigenvalue weighted by molar-refractivity contribution is 7.49. The molecule has 0 radical (unpaired) electrons. The third-order valence-corrected chi connectivity index (χ3v) is 7.32. The molecule has 2 heterocycles. The van der Waals surface area contributed by atoms with Crippen molar-refractivity contribution in [2.24, 2.45) is 0 Å². The molecule has 1 saturated heterocycles. The number of ketones is 1. The van der Waals surface area contributed by atoms with Crippen LogP contribution >= 0.6 is 7.82 Å². The molecular formula is C25H25F3NO8P. The molecule has 1 N–H and O–H groups in total. The van der Waals surface area contributed by atoms with Crippen molar-refractivity contribution < 1.29 is 50.7 Å². The SMILES string of the molecule is Cc1ccc(OP(=O)(OC[C@@]2(C(F)F)O[C@@H](N3C=CC(=O)CC3=O)[C@H](O)[C@@H]2F)Oc2ccc(C)cc2)cc1. The van der Waals surface area contributed by atoms with Gasteiger partial charge in [-0.15, -0.1) is 0 Å². The van der Waals surface area contributed by atoms with Gasteiger partial charge >= 0.3 is 7.82 Å². The molecule has 4 atom stereocenters. The Morgan fingerprint density at radius 2 is 1.58 bits per heavy atom. The lowest BCUT2D eigenvalue weighted by molar-refractivity contribution is -0.193. The highest BCUT2D eigenvalue weighted by atomic mass is 31.2. The summed E-state index contributed by atoms with van der Waals surface area (Å²) < 4.78 is 78.9. The second-order valence-corrected chi connectivity index (χ2v) is 10.5. The number of nitrogens with zero attached hydrogens (tertiary/aromatic N) is 1. The van der Waals surface area contributed by atoms with E-state index in [9.17, 15) is 28.0 Å². The van der Waals surface area contributed by atoms with E-state index in [4.69, 9.17) is 18.3 Å². The van der Waals surface area contributed by atoms with Gasteiger partial charge in [-0.1, -0.05) is 35.4 Å². The van der Waals surface area contributed by atoms with Crippen molar-refractivity contribution in [1.29, 1.82) is 0 Å². The molecule has 1 fully saturated rings. The van der Waals surface area contributed by atoms with Crippen LogP contribution in [-0.2, 0) is 23.4 Å². The fourth-order valence-electron chi connectivity index (χ4n) is 3.84. The van der Waals surface area contributed by atoms with Crippen LogP contribution in [-0.4, -0.2) is 58.8 Å². The van der Waals surface area contributed by atoms with Crippen LogP contribution in [0.2, 0.25) is 0 Å². The van der Waals surface area contributed by atoms with E-state index in [2.05, 4.69) is 0 Å². The number of aliphatic hydroxyl groups is 1. The number of rotatable bonds is 9. The summed E-state index contributed by atoms with van der Waals surface area (Å²) in [5.74, 6) is -1.39. The number of benzene rings is 2. The van der Waals surface area contributed by atoms with Gasteiger partial charge in [0.05, 0.1) is 13.0 Å². The van der Waals surface area contributed by atoms with Crippen molar-refractivity contribution in [2.45, 2.75) is 50.8 Å². The van der Waals surface area contributed by atoms with E-state index >= 15 is 4.39 Å². The molecule has 0 aliphatic carbocycles. The summed E-state index contributed by atoms with van der Waals surface area (Å²) in [6.45, 7) is 2.22. The van der Waals surface area contributed by atoms with Gasteiger partial charge in [-0.05, 0) is 44.2 Å². The monoisotopic (exact) mass is 555 g/mol. The Hall–Kier alpha value is -3.18. The van der Waals surface area contributed by atoms with E-state index in [1.807, 2.05) is 0 Å². The van der Waals surface area contributed by atoms with Crippen molar-refractivity contribution in [3.05, 3.63) is 71.9 Å². The fourth-order valence-corrected chi connectivity index (χ4v) is 5.11. The van der Waals surface area contributed by atoms with Crippen LogP contribution in [0.4, 0.5) is 13.2 Å². The van der Waals surface area contributed by atoms with Gasteiger partial charge in [0.2, 0.25) is 5.91 Å². The summed E-state index contributed by atoms with van der Waals surface area (Å²) in [6.07, 6.45) is -9.22. The van der Waals surface area contributed by atoms with E-state index in [0.29, 0.717) is 4.90 Å². The summed E-state index contributed by atoms with van der Waals surface area (Å²) in [4.78, 5) is 24.3. The zero-order chi connectivity index (χ0) is 27.7. The number of ether oxygens (including phenoxy) is 1. The first-order chi connectivity index (χ1) is 17.9. The third kappa shape index (κ3) is 5.78. The Balaban J connectivity index is 1.61. The Bertz CT molecular complexity index is 1200. The summed E-state index contributed by atoms with van der Waals surface area (Å²) in [7, 11) is -4.75. The quantitative estimate of drug-likeness (QED) is 0.361. The van der Waals surface area contributed by atoms with Crippen LogP contribution < -0.4 is 9.05 Å². The number of phosphoric acid groups is 1. The van der Waals surface area contributed by atoms with Gasteiger partial charge in [-0.25, -0.2) is 17.7 Å². The molecule has 1 amide bonds. The lowest BCUT2D eigenvalue weighted by atomic mass is 9.98. The molecule has 2 aliphatic heterocycles. The molecule has 0 saturated carbocycles. The molecule has 38 heavy (non-hydrogen) atoms. The molecule has 9 nitrogen and oxygen atoms in total. The first-order valence-electron chi connectivity index (χ1n) is 11.5. The molecule has 2 aromatic carbocycles. The molecule has 204 valence electrons. The number of allylic oxidation sites excluding steroid dienone is 1. The lowest BCUT2D eigenvalue weighted by Gasteiger charge is -2.32. The number of amides is 1. The standard InChI is InChI=1S/C25H25F3NO8P/c1-15-3-7-18(8-4-15)36-38(33,37-19-9-5-16(2)6-10-19)34-14-25(24(27)28)22(26)21(32)23(35-25)29-12-11-17(30)13-20(29)31/h3-12,21-24,32H,13-14H2,1-2H3/t21-,22+,23-,25-/m1/s1. The topological polar surface area (TPSA) is 112 Å². The van der Waals surface area contributed by atoms with Crippen molar-refractivity contribution >= 4 is 19.5 Å². The summed E-state index contributed by atoms with van der Waals surface area (Å²) >= 11 is 0. The summed E-state index contributed by atoms with van der Waals surface area (Å²) in [5, 5.41) is 10.4. The summed E-state index contributed by atoms with van der Waals surface area (Å²) in [6, 6.07) is 12.4. The van der Waals surface area contributed by atoms with Crippen LogP contribution in [0, 0.1) is 13.8 Å². The van der Waals surface area contributed by atoms with Crippen molar-refractivity contribution in [1.82, 2.24) is 4.90 Å². The Kier molecular flexibility index (Phi) is 7.98. The number of carbonyl (C=O) groups is 2. The van der Waals surface area contributed by atoms with Crippen LogP contribution in [0.15, 0.2) is 60.8 Å². The number of carbonyl (C=O) groups excluding carboxylic acids is 2. The van der Waals surface area contributed by atoms with Gasteiger partial charge in [-0.3, -0.25) is 19.0 Å². The second kappa shape index (κ2) is 10.9. The van der Waals surface area contributed by atoms with E-state index < -0.39 is 63.1 Å². The van der Waals surface area contributed by atoms with Crippen molar-refractivity contribution in [3.8, 4) is 11.5 Å². The fraction of sp³-hybridized carbons (Fsp3) is 0.360. The Morgan fingerprint density at radius 3 is 2.05 bits per heavy atom. The number of aryl methyl sites for hydroxylation is 2. The molecule has 13 heteroatoms. The van der Waals surface area contributed by atoms with Gasteiger partial charge < -0.3 is 18.9 Å². The molecule has 2 aromatic rings. The van der Waals surface area contributed by atoms with Crippen LogP contribution in [0.5, 0.6) is 11.5 Å². The molecule has 0 aromatic heterocycles. The molecule has 4 rings (SSSR count). The predicted molar refractivity (Wildman–Crippen MR) is 127 cm³/mol. The molecule has 2 aliphatic rings. The van der Waals surface area contributed by atoms with Gasteiger partial charge in [0, 0.05) is 6.20 Å². The number of alkyl halides is 3. The molecule has 0 unspecified atom stereocenters. The maximum Gasteiger partial charge on any atom is 0.587 e. The van der Waals surface area contributed by atoms with E-state index in [-0.39, 0.29) is 11.5 Å². The number of hydrogen-bond acceptors (Lipinski definition) is 8. The zero-order valence-corrected chi connectivity index (χ0v) is 21.2. The maximum absolute atomic E-state index is 15.3. The minimum atomic E-state index is -4.75. The van der Waals surface area contributed by atoms with E-state index in [0.717, 1.165) is 23.4 Å². The van der Waals surface area contributed by atoms with Gasteiger partial charge in [-0.2, -0.15) is 0 Å². The first kappa shape index (κ1) is 27.8. The normalized spacial score (nSPS) is 25.8. The van der Waals surface area contributed by atoms with E-state index in [1.54, 1.807) is 38.1 Å². The van der Waals surface area contributed by atoms with E-state index in [1.165, 1.54) is 24.3 Å². The number of aliphatic hydroxyl groups excluding tert-OH is 1. The third-order valence-electron chi connectivity index (χ3n) is 6.00. The number of phosphoric ester groups is 1. The van der Waals surface area contributed by atoms with Gasteiger partial charge in [0.25, 0.3) is 6.43 Å². The minimum Gasteiger partial charge on any atom is -0.395 e. The highest BCUT2D eigenvalue weighted by Crippen LogP contribution is 2.52. The van der Waals surface area contributed by atoms with Gasteiger partial charge in [0.1, 0.15) is 17.6 Å². The maximum atomic E-state index is 15.3. The second-order valence-electron chi connectivity index (χ2n) is 8.95. The van der Waals surface area contributed by atoms with Gasteiger partial charge in [0.15, 0.2) is 23.8 Å². The zero-order valence-electron chi connectivity index (χ0n) is 20.3. The minimum absolute atomic E-state index is 0.0212. The van der Waals surface area contributed by atoms with Crippen LogP contribution in [0.3, 0.4) is 0 Å². The highest BCUT2D eigenvalue weighted by Gasteiger charge is 2.64. The Morgan fingerprint density at radius 1 is 1.05 bits per heavy atom. The number of hydrogen-bond donors (Lipinski definition) is 1. The predicted octanol–water partition coefficient (Wildman–Crippen LogP) is 4.26. The van der Waals surface area contributed by atoms with Crippen LogP contribution in [0.1, 0.15) is 17.5 Å². The largest absolute Gasteiger partial charge is 0.587 e. The lowest BCUT2D eigenvalue weighted by Crippen LogP contribution is -2.50. The smallest absolute Gasteiger partial charge is 0.395 e. The van der Waals surface area contributed by atoms with Crippen molar-refractivity contribution in [3.63, 3.8) is 0 Å². The number of halogens is 3. The van der Waals surface area contributed by atoms with Crippen molar-refractivity contribution in [2.75, 3.05) is 6.61 Å². The average molecular weight is 555 g/mol. The molecule has 0 bridgehead atoms. The first-order valence-corrected chi connectivity index (χ1v) is 13.0. The molecule has 0 spiro atoms. The average Bonchev–Trinajstić information content (AvgIpc) is 3.12. The molecular weight excluding hydrogens is 530 g/mol. The Labute approximate surface area is 216 Å². The van der Waals surface area contributed by atoms with Crippen LogP contribution in [0.25, 0.3) is 0 Å².